The number of hydrogen-bond acceptors (Lipinski definition) is 6. The first-order valence-corrected chi connectivity index (χ1v) is 7.85. The van der Waals surface area contributed by atoms with Crippen LogP contribution in [0, 0.1) is 0 Å². The molecule has 0 bridgehead atoms. The van der Waals surface area contributed by atoms with E-state index in [4.69, 9.17) is 4.74 Å². The van der Waals surface area contributed by atoms with E-state index < -0.39 is 18.2 Å². The standard InChI is InChI=1S/C17H20N4O3/c1-11(13-6-4-3-5-7-13)19-16-18-9-8-15(20-16)21-14(12(2)22)10-24-17(21)23/h3-9,11-12,14,22H,10H2,1-2H3,(H,18,19,20)/t11-,12?,14+/m0/s1. The molecule has 7 heteroatoms. The predicted molar refractivity (Wildman–Crippen MR) is 89.8 cm³/mol. The Morgan fingerprint density at radius 2 is 2.04 bits per heavy atom. The highest BCUT2D eigenvalue weighted by Gasteiger charge is 2.38. The van der Waals surface area contributed by atoms with Gasteiger partial charge < -0.3 is 15.2 Å². The number of carbonyl (C=O) groups excluding carboxylic acids is 1. The number of nitrogens with one attached hydrogen (secondary N) is 1. The monoisotopic (exact) mass is 328 g/mol. The van der Waals surface area contributed by atoms with Gasteiger partial charge in [0, 0.05) is 6.20 Å². The summed E-state index contributed by atoms with van der Waals surface area (Å²) in [7, 11) is 0. The van der Waals surface area contributed by atoms with Gasteiger partial charge in [0.1, 0.15) is 18.5 Å². The van der Waals surface area contributed by atoms with E-state index in [1.165, 1.54) is 4.90 Å². The van der Waals surface area contributed by atoms with Crippen molar-refractivity contribution >= 4 is 17.9 Å². The quantitative estimate of drug-likeness (QED) is 0.876. The molecule has 1 saturated heterocycles. The van der Waals surface area contributed by atoms with Crippen LogP contribution in [0.1, 0.15) is 25.5 Å². The van der Waals surface area contributed by atoms with E-state index >= 15 is 0 Å². The lowest BCUT2D eigenvalue weighted by molar-refractivity contribution is 0.142. The van der Waals surface area contributed by atoms with Crippen molar-refractivity contribution in [3.05, 3.63) is 48.2 Å². The molecule has 3 atom stereocenters. The lowest BCUT2D eigenvalue weighted by Crippen LogP contribution is -2.41. The number of ether oxygens (including phenoxy) is 1. The summed E-state index contributed by atoms with van der Waals surface area (Å²) >= 11 is 0. The lowest BCUT2D eigenvalue weighted by Gasteiger charge is -2.23. The summed E-state index contributed by atoms with van der Waals surface area (Å²) < 4.78 is 5.03. The van der Waals surface area contributed by atoms with E-state index in [2.05, 4.69) is 15.3 Å². The second kappa shape index (κ2) is 6.84. The Labute approximate surface area is 140 Å². The first-order valence-electron chi connectivity index (χ1n) is 7.85. The number of aromatic nitrogens is 2. The van der Waals surface area contributed by atoms with Crippen LogP contribution < -0.4 is 10.2 Å². The highest BCUT2D eigenvalue weighted by Crippen LogP contribution is 2.24. The molecule has 0 aliphatic carbocycles. The maximum Gasteiger partial charge on any atom is 0.416 e. The number of carbonyl (C=O) groups is 1. The molecule has 1 aliphatic heterocycles. The van der Waals surface area contributed by atoms with Gasteiger partial charge >= 0.3 is 6.09 Å². The van der Waals surface area contributed by atoms with Crippen LogP contribution in [0.25, 0.3) is 0 Å². The Balaban J connectivity index is 1.80. The number of nitrogens with zero attached hydrogens (tertiary/aromatic N) is 3. The molecule has 7 nitrogen and oxygen atoms in total. The molecule has 2 N–H and O–H groups in total. The fraction of sp³-hybridized carbons (Fsp3) is 0.353. The zero-order valence-electron chi connectivity index (χ0n) is 13.6. The van der Waals surface area contributed by atoms with Crippen molar-refractivity contribution in [3.63, 3.8) is 0 Å². The van der Waals surface area contributed by atoms with Gasteiger partial charge in [-0.2, -0.15) is 4.98 Å². The SMILES string of the molecule is CC(O)[C@H]1COC(=O)N1c1ccnc(N[C@@H](C)c2ccccc2)n1. The molecule has 1 aromatic carbocycles. The van der Waals surface area contributed by atoms with Crippen LogP contribution in [0.5, 0.6) is 0 Å². The van der Waals surface area contributed by atoms with Crippen LogP contribution in [0.4, 0.5) is 16.6 Å². The zero-order chi connectivity index (χ0) is 17.1. The fourth-order valence-electron chi connectivity index (χ4n) is 2.63. The number of benzene rings is 1. The minimum atomic E-state index is -0.717. The van der Waals surface area contributed by atoms with E-state index in [0.29, 0.717) is 11.8 Å². The smallest absolute Gasteiger partial charge is 0.416 e. The number of anilines is 2. The van der Waals surface area contributed by atoms with E-state index in [0.717, 1.165) is 5.56 Å². The number of aliphatic hydroxyl groups is 1. The van der Waals surface area contributed by atoms with Crippen LogP contribution in [-0.4, -0.2) is 39.9 Å². The van der Waals surface area contributed by atoms with E-state index in [-0.39, 0.29) is 12.6 Å². The summed E-state index contributed by atoms with van der Waals surface area (Å²) in [4.78, 5) is 21.9. The molecule has 0 saturated carbocycles. The van der Waals surface area contributed by atoms with Crippen LogP contribution in [0.2, 0.25) is 0 Å². The third-order valence-corrected chi connectivity index (χ3v) is 4.00. The van der Waals surface area contributed by atoms with Crippen molar-refractivity contribution in [2.45, 2.75) is 32.0 Å². The normalized spacial score (nSPS) is 19.7. The summed E-state index contributed by atoms with van der Waals surface area (Å²) in [5, 5.41) is 13.0. The van der Waals surface area contributed by atoms with Gasteiger partial charge in [-0.25, -0.2) is 9.78 Å². The molecule has 1 amide bonds. The second-order valence-electron chi connectivity index (χ2n) is 5.77. The topological polar surface area (TPSA) is 87.6 Å². The summed E-state index contributed by atoms with van der Waals surface area (Å²) in [6, 6.07) is 11.1. The average molecular weight is 328 g/mol. The third kappa shape index (κ3) is 3.30. The fourth-order valence-corrected chi connectivity index (χ4v) is 2.63. The molecule has 2 heterocycles. The van der Waals surface area contributed by atoms with Crippen molar-refractivity contribution in [1.82, 2.24) is 9.97 Å². The van der Waals surface area contributed by atoms with Gasteiger partial charge in [0.15, 0.2) is 0 Å². The largest absolute Gasteiger partial charge is 0.447 e. The Kier molecular flexibility index (Phi) is 4.61. The molecule has 1 unspecified atom stereocenters. The summed E-state index contributed by atoms with van der Waals surface area (Å²) in [6.07, 6.45) is 0.348. The molecule has 1 aliphatic rings. The van der Waals surface area contributed by atoms with Crippen molar-refractivity contribution in [1.29, 1.82) is 0 Å². The Morgan fingerprint density at radius 1 is 1.29 bits per heavy atom. The van der Waals surface area contributed by atoms with Crippen molar-refractivity contribution in [2.24, 2.45) is 0 Å². The second-order valence-corrected chi connectivity index (χ2v) is 5.77. The highest BCUT2D eigenvalue weighted by molar-refractivity contribution is 5.89. The lowest BCUT2D eigenvalue weighted by atomic mass is 10.1. The number of rotatable bonds is 5. The van der Waals surface area contributed by atoms with Crippen molar-refractivity contribution in [2.75, 3.05) is 16.8 Å². The Morgan fingerprint density at radius 3 is 2.75 bits per heavy atom. The third-order valence-electron chi connectivity index (χ3n) is 4.00. The summed E-state index contributed by atoms with van der Waals surface area (Å²) in [6.45, 7) is 3.77. The number of cyclic esters (lactones) is 1. The van der Waals surface area contributed by atoms with Gasteiger partial charge in [-0.3, -0.25) is 4.90 Å². The van der Waals surface area contributed by atoms with Gasteiger partial charge in [-0.15, -0.1) is 0 Å². The van der Waals surface area contributed by atoms with Gasteiger partial charge in [0.25, 0.3) is 0 Å². The van der Waals surface area contributed by atoms with E-state index in [9.17, 15) is 9.90 Å². The zero-order valence-corrected chi connectivity index (χ0v) is 13.6. The summed E-state index contributed by atoms with van der Waals surface area (Å²) in [5.74, 6) is 0.814. The molecule has 0 radical (unpaired) electrons. The van der Waals surface area contributed by atoms with E-state index in [1.54, 1.807) is 19.2 Å². The van der Waals surface area contributed by atoms with Crippen molar-refractivity contribution < 1.29 is 14.6 Å². The highest BCUT2D eigenvalue weighted by atomic mass is 16.6. The Hall–Kier alpha value is -2.67. The van der Waals surface area contributed by atoms with Crippen LogP contribution in [-0.2, 0) is 4.74 Å². The minimum Gasteiger partial charge on any atom is -0.447 e. The number of aliphatic hydroxyl groups excluding tert-OH is 1. The minimum absolute atomic E-state index is 0.0135. The first-order chi connectivity index (χ1) is 11.6. The molecule has 1 fully saturated rings. The first kappa shape index (κ1) is 16.2. The van der Waals surface area contributed by atoms with Crippen LogP contribution >= 0.6 is 0 Å². The van der Waals surface area contributed by atoms with Gasteiger partial charge in [0.2, 0.25) is 5.95 Å². The van der Waals surface area contributed by atoms with Gasteiger partial charge in [-0.05, 0) is 25.5 Å². The molecule has 126 valence electrons. The maximum absolute atomic E-state index is 12.0. The summed E-state index contributed by atoms with van der Waals surface area (Å²) in [5.41, 5.74) is 1.11. The molecule has 2 aromatic rings. The molecule has 0 spiro atoms. The molecule has 1 aromatic heterocycles. The van der Waals surface area contributed by atoms with Gasteiger partial charge in [0.05, 0.1) is 12.1 Å². The van der Waals surface area contributed by atoms with Crippen molar-refractivity contribution in [3.8, 4) is 0 Å². The average Bonchev–Trinajstić information content (AvgIpc) is 2.98. The molecular weight excluding hydrogens is 308 g/mol. The van der Waals surface area contributed by atoms with Crippen LogP contribution in [0.15, 0.2) is 42.6 Å². The molecular formula is C17H20N4O3. The van der Waals surface area contributed by atoms with Crippen LogP contribution in [0.3, 0.4) is 0 Å². The molecule has 3 rings (SSSR count). The maximum atomic E-state index is 12.0. The van der Waals surface area contributed by atoms with Gasteiger partial charge in [-0.1, -0.05) is 30.3 Å². The van der Waals surface area contributed by atoms with E-state index in [1.807, 2.05) is 37.3 Å². The Bertz CT molecular complexity index is 708. The predicted octanol–water partition coefficient (Wildman–Crippen LogP) is 2.36. The number of hydrogen-bond donors (Lipinski definition) is 2. The number of amides is 1. The molecule has 24 heavy (non-hydrogen) atoms.